The van der Waals surface area contributed by atoms with Crippen LogP contribution in [0.5, 0.6) is 0 Å². The lowest BCUT2D eigenvalue weighted by molar-refractivity contribution is -0.118. The van der Waals surface area contributed by atoms with Gasteiger partial charge in [0.1, 0.15) is 17.8 Å². The summed E-state index contributed by atoms with van der Waals surface area (Å²) in [7, 11) is 0. The Labute approximate surface area is 125 Å². The van der Waals surface area contributed by atoms with Crippen molar-refractivity contribution in [1.82, 2.24) is 4.90 Å². The molecule has 3 rings (SSSR count). The van der Waals surface area contributed by atoms with Crippen molar-refractivity contribution in [2.75, 3.05) is 0 Å². The van der Waals surface area contributed by atoms with Gasteiger partial charge in [-0.1, -0.05) is 0 Å². The Balaban J connectivity index is 1.93. The molecule has 22 heavy (non-hydrogen) atoms. The molecule has 0 radical (unpaired) electrons. The molecule has 5 N–H and O–H groups in total. The van der Waals surface area contributed by atoms with Crippen LogP contribution in [0.4, 0.5) is 0 Å². The third-order valence-corrected chi connectivity index (χ3v) is 3.96. The minimum atomic E-state index is -1.71. The molecule has 10 heteroatoms. The maximum Gasteiger partial charge on any atom is 0.281 e. The van der Waals surface area contributed by atoms with Crippen LogP contribution in [0.1, 0.15) is 13.8 Å². The fourth-order valence-electron chi connectivity index (χ4n) is 2.76. The largest absolute Gasteiger partial charge is 0.391 e. The summed E-state index contributed by atoms with van der Waals surface area (Å²) >= 11 is 0. The van der Waals surface area contributed by atoms with Gasteiger partial charge in [-0.3, -0.25) is 14.7 Å². The molecule has 10 nitrogen and oxygen atoms in total. The Morgan fingerprint density at radius 3 is 2.77 bits per heavy atom. The summed E-state index contributed by atoms with van der Waals surface area (Å²) in [6.07, 6.45) is -3.10. The average molecular weight is 311 g/mol. The SMILES string of the molecule is C[C@H](O)[C@H]1O[C@@H](N2C=NC3C(=O)N=C(N)N=C32)[C@](C)(O)[C@@H]1O. The molecule has 0 aromatic heterocycles. The predicted octanol–water partition coefficient (Wildman–Crippen LogP) is -2.83. The highest BCUT2D eigenvalue weighted by Gasteiger charge is 2.57. The number of rotatable bonds is 2. The van der Waals surface area contributed by atoms with Gasteiger partial charge in [0.2, 0.25) is 5.96 Å². The number of carbonyl (C=O) groups excluding carboxylic acids is 1. The van der Waals surface area contributed by atoms with Crippen molar-refractivity contribution in [3.63, 3.8) is 0 Å². The first-order chi connectivity index (χ1) is 10.2. The number of aliphatic hydroxyl groups is 3. The topological polar surface area (TPSA) is 153 Å². The smallest absolute Gasteiger partial charge is 0.281 e. The number of ether oxygens (including phenoxy) is 1. The molecule has 120 valence electrons. The second kappa shape index (κ2) is 4.81. The number of hydrogen-bond acceptors (Lipinski definition) is 9. The van der Waals surface area contributed by atoms with E-state index in [2.05, 4.69) is 15.0 Å². The van der Waals surface area contributed by atoms with Gasteiger partial charge in [0, 0.05) is 0 Å². The molecule has 0 bridgehead atoms. The van der Waals surface area contributed by atoms with E-state index in [1.54, 1.807) is 0 Å². The highest BCUT2D eigenvalue weighted by atomic mass is 16.6. The predicted molar refractivity (Wildman–Crippen MR) is 75.2 cm³/mol. The van der Waals surface area contributed by atoms with E-state index in [-0.39, 0.29) is 11.8 Å². The van der Waals surface area contributed by atoms with E-state index < -0.39 is 42.1 Å². The Hall–Kier alpha value is -1.88. The molecular weight excluding hydrogens is 294 g/mol. The van der Waals surface area contributed by atoms with Crippen LogP contribution >= 0.6 is 0 Å². The molecule has 1 unspecified atom stereocenters. The van der Waals surface area contributed by atoms with Gasteiger partial charge in [-0.15, -0.1) is 0 Å². The molecule has 3 aliphatic heterocycles. The lowest BCUT2D eigenvalue weighted by Crippen LogP contribution is -2.55. The van der Waals surface area contributed by atoms with Crippen LogP contribution in [0.2, 0.25) is 0 Å². The van der Waals surface area contributed by atoms with Gasteiger partial charge >= 0.3 is 0 Å². The van der Waals surface area contributed by atoms with Gasteiger partial charge in [0.05, 0.1) is 12.4 Å². The van der Waals surface area contributed by atoms with E-state index >= 15 is 0 Å². The molecule has 1 saturated heterocycles. The number of amides is 1. The van der Waals surface area contributed by atoms with E-state index in [0.29, 0.717) is 0 Å². The van der Waals surface area contributed by atoms with Crippen molar-refractivity contribution in [2.45, 2.75) is 50.0 Å². The quantitative estimate of drug-likeness (QED) is 0.428. The van der Waals surface area contributed by atoms with Crippen molar-refractivity contribution < 1.29 is 24.9 Å². The Kier molecular flexibility index (Phi) is 3.29. The summed E-state index contributed by atoms with van der Waals surface area (Å²) in [6.45, 7) is 2.81. The van der Waals surface area contributed by atoms with Crippen LogP contribution in [0.15, 0.2) is 15.0 Å². The first-order valence-corrected chi connectivity index (χ1v) is 6.75. The van der Waals surface area contributed by atoms with Crippen LogP contribution in [-0.4, -0.2) is 80.4 Å². The second-order valence-electron chi connectivity index (χ2n) is 5.72. The Morgan fingerprint density at radius 1 is 1.50 bits per heavy atom. The first-order valence-electron chi connectivity index (χ1n) is 6.75. The Morgan fingerprint density at radius 2 is 2.18 bits per heavy atom. The summed E-state index contributed by atoms with van der Waals surface area (Å²) in [5, 5.41) is 30.4. The standard InChI is InChI=1S/C12H17N5O5/c1-4(18)6-7(19)12(2,21)10(22-6)17-3-14-5-8(17)15-11(13)16-9(5)20/h3-7,10,18-19,21H,1-2H3,(H2,13,16,20)/t4-,5?,6+,7+,10+,12+/m0/s1. The van der Waals surface area contributed by atoms with Gasteiger partial charge in [0.25, 0.3) is 5.91 Å². The molecule has 0 spiro atoms. The zero-order chi connectivity index (χ0) is 16.2. The zero-order valence-corrected chi connectivity index (χ0v) is 12.0. The van der Waals surface area contributed by atoms with E-state index in [9.17, 15) is 20.1 Å². The molecule has 0 aromatic carbocycles. The highest BCUT2D eigenvalue weighted by Crippen LogP contribution is 2.36. The van der Waals surface area contributed by atoms with Gasteiger partial charge in [0.15, 0.2) is 18.1 Å². The number of nitrogens with two attached hydrogens (primary N) is 1. The zero-order valence-electron chi connectivity index (χ0n) is 12.0. The lowest BCUT2D eigenvalue weighted by atomic mass is 9.94. The van der Waals surface area contributed by atoms with Crippen LogP contribution in [0.3, 0.4) is 0 Å². The normalized spacial score (nSPS) is 42.2. The van der Waals surface area contributed by atoms with Crippen molar-refractivity contribution >= 4 is 24.0 Å². The summed E-state index contributed by atoms with van der Waals surface area (Å²) in [4.78, 5) is 24.6. The van der Waals surface area contributed by atoms with Gasteiger partial charge in [-0.25, -0.2) is 0 Å². The number of nitrogens with zero attached hydrogens (tertiary/aromatic N) is 4. The monoisotopic (exact) mass is 311 g/mol. The molecule has 3 heterocycles. The molecule has 3 aliphatic rings. The van der Waals surface area contributed by atoms with Gasteiger partial charge in [-0.05, 0) is 13.8 Å². The molecule has 0 saturated carbocycles. The summed E-state index contributed by atoms with van der Waals surface area (Å²) in [5.41, 5.74) is 3.77. The fraction of sp³-hybridized carbons (Fsp3) is 0.667. The maximum atomic E-state index is 11.8. The molecule has 0 aliphatic carbocycles. The average Bonchev–Trinajstić information content (AvgIpc) is 2.91. The maximum absolute atomic E-state index is 11.8. The van der Waals surface area contributed by atoms with Crippen molar-refractivity contribution in [2.24, 2.45) is 20.7 Å². The van der Waals surface area contributed by atoms with E-state index in [4.69, 9.17) is 10.5 Å². The van der Waals surface area contributed by atoms with E-state index in [1.807, 2.05) is 0 Å². The number of hydrogen-bond donors (Lipinski definition) is 4. The van der Waals surface area contributed by atoms with E-state index in [0.717, 1.165) is 0 Å². The number of guanidine groups is 1. The first kappa shape index (κ1) is 15.0. The number of fused-ring (bicyclic) bond motifs is 1. The van der Waals surface area contributed by atoms with Crippen LogP contribution < -0.4 is 5.73 Å². The minimum Gasteiger partial charge on any atom is -0.391 e. The molecule has 0 aromatic rings. The lowest BCUT2D eigenvalue weighted by Gasteiger charge is -2.33. The third kappa shape index (κ3) is 2.03. The van der Waals surface area contributed by atoms with Crippen LogP contribution in [0.25, 0.3) is 0 Å². The minimum absolute atomic E-state index is 0.168. The molecule has 1 amide bonds. The number of carbonyl (C=O) groups is 1. The van der Waals surface area contributed by atoms with Crippen molar-refractivity contribution in [3.8, 4) is 0 Å². The number of amidine groups is 1. The van der Waals surface area contributed by atoms with Crippen molar-refractivity contribution in [3.05, 3.63) is 0 Å². The highest BCUT2D eigenvalue weighted by molar-refractivity contribution is 6.21. The fourth-order valence-corrected chi connectivity index (χ4v) is 2.76. The summed E-state index contributed by atoms with van der Waals surface area (Å²) in [6, 6.07) is -0.936. The van der Waals surface area contributed by atoms with Crippen molar-refractivity contribution in [1.29, 1.82) is 0 Å². The number of aliphatic hydroxyl groups excluding tert-OH is 2. The van der Waals surface area contributed by atoms with Gasteiger partial charge in [-0.2, -0.15) is 9.98 Å². The summed E-state index contributed by atoms with van der Waals surface area (Å²) in [5.74, 6) is -0.607. The second-order valence-corrected chi connectivity index (χ2v) is 5.72. The van der Waals surface area contributed by atoms with Crippen LogP contribution in [-0.2, 0) is 9.53 Å². The van der Waals surface area contributed by atoms with Crippen LogP contribution in [0, 0.1) is 0 Å². The molecule has 1 fully saturated rings. The Bertz CT molecular complexity index is 599. The number of aliphatic imine (C=N–C) groups is 3. The third-order valence-electron chi connectivity index (χ3n) is 3.96. The van der Waals surface area contributed by atoms with Gasteiger partial charge < -0.3 is 25.8 Å². The summed E-state index contributed by atoms with van der Waals surface area (Å²) < 4.78 is 5.57. The molecular formula is C12H17N5O5. The molecule has 6 atom stereocenters. The van der Waals surface area contributed by atoms with E-state index in [1.165, 1.54) is 25.1 Å².